The largest absolute Gasteiger partial charge is 0.481 e. The lowest BCUT2D eigenvalue weighted by atomic mass is 10.1. The normalized spacial score (nSPS) is 10.4. The Kier molecular flexibility index (Phi) is 5.05. The van der Waals surface area contributed by atoms with Gasteiger partial charge in [0.05, 0.1) is 17.1 Å². The highest BCUT2D eigenvalue weighted by Crippen LogP contribution is 2.15. The maximum absolute atomic E-state index is 12.4. The first-order valence-corrected chi connectivity index (χ1v) is 7.30. The fourth-order valence-electron chi connectivity index (χ4n) is 2.18. The number of anilines is 1. The molecular weight excluding hydrogens is 294 g/mol. The maximum atomic E-state index is 12.4. The Hall–Kier alpha value is -2.76. The predicted molar refractivity (Wildman–Crippen MR) is 86.6 cm³/mol. The third kappa shape index (κ3) is 4.35. The second kappa shape index (κ2) is 7.00. The average molecular weight is 313 g/mol. The zero-order chi connectivity index (χ0) is 17.0. The van der Waals surface area contributed by atoms with E-state index in [1.165, 1.54) is 0 Å². The zero-order valence-corrected chi connectivity index (χ0v) is 13.4. The van der Waals surface area contributed by atoms with E-state index in [-0.39, 0.29) is 12.3 Å². The lowest BCUT2D eigenvalue weighted by molar-refractivity contribution is -0.136. The summed E-state index contributed by atoms with van der Waals surface area (Å²) in [5, 5.41) is 11.5. The number of hydrogen-bond acceptors (Lipinski definition) is 4. The van der Waals surface area contributed by atoms with Gasteiger partial charge >= 0.3 is 5.97 Å². The van der Waals surface area contributed by atoms with Crippen LogP contribution in [0.4, 0.5) is 5.69 Å². The van der Waals surface area contributed by atoms with Gasteiger partial charge in [-0.15, -0.1) is 0 Å². The molecule has 0 radical (unpaired) electrons. The van der Waals surface area contributed by atoms with Crippen LogP contribution in [0.25, 0.3) is 0 Å². The lowest BCUT2D eigenvalue weighted by Gasteiger charge is -2.10. The summed E-state index contributed by atoms with van der Waals surface area (Å²) in [6.45, 7) is 5.41. The summed E-state index contributed by atoms with van der Waals surface area (Å²) in [6.07, 6.45) is 0.473. The zero-order valence-electron chi connectivity index (χ0n) is 13.4. The van der Waals surface area contributed by atoms with Crippen LogP contribution < -0.4 is 5.32 Å². The Morgan fingerprint density at radius 1 is 1.09 bits per heavy atom. The van der Waals surface area contributed by atoms with Gasteiger partial charge in [0.25, 0.3) is 5.91 Å². The molecule has 0 aliphatic rings. The number of aliphatic carboxylic acids is 1. The molecule has 2 aromatic rings. The fourth-order valence-corrected chi connectivity index (χ4v) is 2.18. The van der Waals surface area contributed by atoms with Gasteiger partial charge in [-0.2, -0.15) is 0 Å². The van der Waals surface area contributed by atoms with Gasteiger partial charge < -0.3 is 10.4 Å². The molecule has 0 atom stereocenters. The van der Waals surface area contributed by atoms with Crippen molar-refractivity contribution in [2.45, 2.75) is 33.6 Å². The van der Waals surface area contributed by atoms with Crippen molar-refractivity contribution >= 4 is 17.6 Å². The molecule has 0 saturated heterocycles. The number of benzene rings is 1. The molecule has 0 unspecified atom stereocenters. The second-order valence-corrected chi connectivity index (χ2v) is 5.38. The number of amides is 1. The number of hydrogen-bond donors (Lipinski definition) is 2. The second-order valence-electron chi connectivity index (χ2n) is 5.38. The number of aryl methyl sites for hydroxylation is 4. The molecule has 6 nitrogen and oxygen atoms in total. The minimum absolute atomic E-state index is 0.0547. The average Bonchev–Trinajstić information content (AvgIpc) is 2.49. The maximum Gasteiger partial charge on any atom is 0.303 e. The first kappa shape index (κ1) is 16.6. The number of carbonyl (C=O) groups excluding carboxylic acids is 1. The van der Waals surface area contributed by atoms with Crippen molar-refractivity contribution in [1.29, 1.82) is 0 Å². The van der Waals surface area contributed by atoms with Crippen molar-refractivity contribution < 1.29 is 14.7 Å². The molecular formula is C17H19N3O3. The van der Waals surface area contributed by atoms with Crippen molar-refractivity contribution in [3.05, 3.63) is 52.6 Å². The van der Waals surface area contributed by atoms with Crippen molar-refractivity contribution in [2.75, 3.05) is 5.32 Å². The van der Waals surface area contributed by atoms with Crippen LogP contribution in [0.1, 0.15) is 39.6 Å². The molecule has 120 valence electrons. The first-order valence-electron chi connectivity index (χ1n) is 7.30. The van der Waals surface area contributed by atoms with Crippen LogP contribution in [0.3, 0.4) is 0 Å². The molecule has 23 heavy (non-hydrogen) atoms. The molecule has 0 fully saturated rings. The Labute approximate surface area is 134 Å². The van der Waals surface area contributed by atoms with E-state index in [2.05, 4.69) is 15.3 Å². The Morgan fingerprint density at radius 2 is 1.78 bits per heavy atom. The van der Waals surface area contributed by atoms with Gasteiger partial charge in [-0.3, -0.25) is 14.6 Å². The monoisotopic (exact) mass is 313 g/mol. The van der Waals surface area contributed by atoms with Gasteiger partial charge in [-0.1, -0.05) is 12.1 Å². The van der Waals surface area contributed by atoms with Crippen molar-refractivity contribution in [1.82, 2.24) is 9.97 Å². The van der Waals surface area contributed by atoms with E-state index < -0.39 is 5.97 Å². The lowest BCUT2D eigenvalue weighted by Crippen LogP contribution is -2.17. The summed E-state index contributed by atoms with van der Waals surface area (Å²) in [5.74, 6) is -1.17. The van der Waals surface area contributed by atoms with E-state index in [1.807, 2.05) is 19.9 Å². The van der Waals surface area contributed by atoms with Crippen LogP contribution >= 0.6 is 0 Å². The minimum Gasteiger partial charge on any atom is -0.481 e. The molecule has 0 aliphatic carbocycles. The molecule has 0 spiro atoms. The van der Waals surface area contributed by atoms with E-state index in [1.54, 1.807) is 25.1 Å². The number of carbonyl (C=O) groups is 2. The molecule has 1 amide bonds. The third-order valence-electron chi connectivity index (χ3n) is 3.51. The molecule has 6 heteroatoms. The quantitative estimate of drug-likeness (QED) is 0.885. The van der Waals surface area contributed by atoms with Crippen molar-refractivity contribution in [3.8, 4) is 0 Å². The van der Waals surface area contributed by atoms with E-state index in [0.29, 0.717) is 23.5 Å². The van der Waals surface area contributed by atoms with Crippen molar-refractivity contribution in [3.63, 3.8) is 0 Å². The Balaban J connectivity index is 2.16. The number of carboxylic acids is 1. The highest BCUT2D eigenvalue weighted by Gasteiger charge is 2.14. The third-order valence-corrected chi connectivity index (χ3v) is 3.51. The van der Waals surface area contributed by atoms with E-state index in [0.717, 1.165) is 17.0 Å². The molecule has 0 saturated carbocycles. The number of nitrogens with one attached hydrogen (secondary N) is 1. The van der Waals surface area contributed by atoms with Gasteiger partial charge in [-0.25, -0.2) is 4.98 Å². The summed E-state index contributed by atoms with van der Waals surface area (Å²) >= 11 is 0. The van der Waals surface area contributed by atoms with Gasteiger partial charge in [0, 0.05) is 12.1 Å². The molecule has 0 aliphatic heterocycles. The molecule has 0 bridgehead atoms. The van der Waals surface area contributed by atoms with Crippen LogP contribution in [0.15, 0.2) is 24.3 Å². The first-order chi connectivity index (χ1) is 10.9. The number of rotatable bonds is 5. The summed E-state index contributed by atoms with van der Waals surface area (Å²) in [4.78, 5) is 31.6. The van der Waals surface area contributed by atoms with E-state index in [9.17, 15) is 9.59 Å². The molecule has 1 aromatic heterocycles. The molecule has 2 rings (SSSR count). The summed E-state index contributed by atoms with van der Waals surface area (Å²) in [7, 11) is 0. The van der Waals surface area contributed by atoms with Crippen LogP contribution in [-0.2, 0) is 11.2 Å². The Morgan fingerprint density at radius 3 is 2.48 bits per heavy atom. The topological polar surface area (TPSA) is 92.2 Å². The summed E-state index contributed by atoms with van der Waals surface area (Å²) in [6, 6.07) is 7.14. The Bertz CT molecular complexity index is 757. The standard InChI is InChI=1S/C17H19N3O3/c1-10-11(2)19-16(12(3)18-10)17(23)20-14-6-4-5-13(9-14)7-8-15(21)22/h4-6,9H,7-8H2,1-3H3,(H,20,23)(H,21,22). The molecule has 2 N–H and O–H groups in total. The van der Waals surface area contributed by atoms with Gasteiger partial charge in [-0.05, 0) is 44.9 Å². The highest BCUT2D eigenvalue weighted by molar-refractivity contribution is 6.03. The number of carboxylic acid groups (broad SMARTS) is 1. The predicted octanol–water partition coefficient (Wildman–Crippen LogP) is 2.67. The smallest absolute Gasteiger partial charge is 0.303 e. The van der Waals surface area contributed by atoms with Gasteiger partial charge in [0.1, 0.15) is 5.69 Å². The van der Waals surface area contributed by atoms with Crippen LogP contribution in [0.5, 0.6) is 0 Å². The van der Waals surface area contributed by atoms with Crippen LogP contribution in [0, 0.1) is 20.8 Å². The fraction of sp³-hybridized carbons (Fsp3) is 0.294. The summed E-state index contributed by atoms with van der Waals surface area (Å²) in [5.41, 5.74) is 3.85. The van der Waals surface area contributed by atoms with E-state index in [4.69, 9.17) is 5.11 Å². The SMILES string of the molecule is Cc1nc(C)c(C(=O)Nc2cccc(CCC(=O)O)c2)nc1C. The summed E-state index contributed by atoms with van der Waals surface area (Å²) < 4.78 is 0. The number of nitrogens with zero attached hydrogens (tertiary/aromatic N) is 2. The highest BCUT2D eigenvalue weighted by atomic mass is 16.4. The van der Waals surface area contributed by atoms with E-state index >= 15 is 0 Å². The van der Waals surface area contributed by atoms with Gasteiger partial charge in [0.15, 0.2) is 0 Å². The van der Waals surface area contributed by atoms with Gasteiger partial charge in [0.2, 0.25) is 0 Å². The molecule has 1 aromatic carbocycles. The minimum atomic E-state index is -0.847. The van der Waals surface area contributed by atoms with Crippen LogP contribution in [-0.4, -0.2) is 27.0 Å². The van der Waals surface area contributed by atoms with Crippen LogP contribution in [0.2, 0.25) is 0 Å². The number of aromatic nitrogens is 2. The molecule has 1 heterocycles. The van der Waals surface area contributed by atoms with Crippen molar-refractivity contribution in [2.24, 2.45) is 0 Å².